The lowest BCUT2D eigenvalue weighted by atomic mass is 10.1. The van der Waals surface area contributed by atoms with Gasteiger partial charge in [-0.15, -0.1) is 0 Å². The molecule has 0 heterocycles. The highest BCUT2D eigenvalue weighted by Crippen LogP contribution is 2.38. The first-order chi connectivity index (χ1) is 9.62. The summed E-state index contributed by atoms with van der Waals surface area (Å²) < 4.78 is 35.5. The highest BCUT2D eigenvalue weighted by Gasteiger charge is 2.15. The number of rotatable bonds is 9. The number of ether oxygens (including phenoxy) is 2. The van der Waals surface area contributed by atoms with Crippen LogP contribution in [0.15, 0.2) is 17.0 Å². The average molecular weight is 305 g/mol. The van der Waals surface area contributed by atoms with Crippen LogP contribution in [0.1, 0.15) is 18.9 Å². The first-order valence-corrected chi connectivity index (χ1v) is 7.40. The molecule has 1 aromatic rings. The largest absolute Gasteiger partial charge is 0.496 e. The van der Waals surface area contributed by atoms with Crippen LogP contribution in [0, 0.1) is 0 Å². The number of methoxy groups -OCH3 is 2. The molecule has 0 amide bonds. The Hall–Kier alpha value is -1.01. The van der Waals surface area contributed by atoms with Crippen molar-refractivity contribution >= 4 is 11.8 Å². The number of benzene rings is 1. The summed E-state index contributed by atoms with van der Waals surface area (Å²) in [5, 5.41) is 3.30. The molecule has 0 aliphatic carbocycles. The van der Waals surface area contributed by atoms with Crippen molar-refractivity contribution in [2.45, 2.75) is 30.4 Å². The van der Waals surface area contributed by atoms with Gasteiger partial charge >= 0.3 is 0 Å². The van der Waals surface area contributed by atoms with Gasteiger partial charge in [0.1, 0.15) is 11.5 Å². The minimum atomic E-state index is -2.48. The molecular weight excluding hydrogens is 284 g/mol. The van der Waals surface area contributed by atoms with E-state index in [1.807, 2.05) is 0 Å². The molecule has 0 aliphatic heterocycles. The lowest BCUT2D eigenvalue weighted by Gasteiger charge is -2.14. The van der Waals surface area contributed by atoms with Gasteiger partial charge in [0, 0.05) is 0 Å². The third-order valence-electron chi connectivity index (χ3n) is 2.78. The van der Waals surface area contributed by atoms with Gasteiger partial charge < -0.3 is 14.8 Å². The van der Waals surface area contributed by atoms with Gasteiger partial charge in [-0.1, -0.05) is 18.7 Å². The minimum Gasteiger partial charge on any atom is -0.496 e. The molecule has 0 radical (unpaired) electrons. The van der Waals surface area contributed by atoms with Crippen LogP contribution in [-0.4, -0.2) is 33.1 Å². The Kier molecular flexibility index (Phi) is 7.69. The van der Waals surface area contributed by atoms with Crippen molar-refractivity contribution in [3.63, 3.8) is 0 Å². The summed E-state index contributed by atoms with van der Waals surface area (Å²) in [4.78, 5) is 0.393. The van der Waals surface area contributed by atoms with E-state index in [0.717, 1.165) is 31.5 Å². The zero-order valence-corrected chi connectivity index (χ0v) is 12.9. The van der Waals surface area contributed by atoms with Crippen LogP contribution in [0.4, 0.5) is 8.78 Å². The fourth-order valence-electron chi connectivity index (χ4n) is 1.84. The van der Waals surface area contributed by atoms with Crippen LogP contribution < -0.4 is 14.8 Å². The van der Waals surface area contributed by atoms with E-state index in [1.165, 1.54) is 7.11 Å². The van der Waals surface area contributed by atoms with Crippen molar-refractivity contribution in [2.75, 3.05) is 27.3 Å². The maximum Gasteiger partial charge on any atom is 0.289 e. The average Bonchev–Trinajstić information content (AvgIpc) is 2.43. The van der Waals surface area contributed by atoms with Crippen molar-refractivity contribution in [1.29, 1.82) is 0 Å². The van der Waals surface area contributed by atoms with E-state index in [-0.39, 0.29) is 0 Å². The second kappa shape index (κ2) is 9.02. The molecule has 114 valence electrons. The van der Waals surface area contributed by atoms with Crippen LogP contribution in [0.5, 0.6) is 11.5 Å². The van der Waals surface area contributed by atoms with Gasteiger partial charge in [0.15, 0.2) is 0 Å². The van der Waals surface area contributed by atoms with Gasteiger partial charge in [-0.3, -0.25) is 0 Å². The summed E-state index contributed by atoms with van der Waals surface area (Å²) in [7, 11) is 3.03. The monoisotopic (exact) mass is 305 g/mol. The maximum atomic E-state index is 12.5. The predicted octanol–water partition coefficient (Wildman–Crippen LogP) is 3.56. The van der Waals surface area contributed by atoms with E-state index in [2.05, 4.69) is 12.2 Å². The first-order valence-electron chi connectivity index (χ1n) is 6.52. The molecule has 0 saturated carbocycles. The molecule has 0 atom stereocenters. The summed E-state index contributed by atoms with van der Waals surface area (Å²) in [5.74, 6) is -1.40. The third-order valence-corrected chi connectivity index (χ3v) is 3.53. The predicted molar refractivity (Wildman–Crippen MR) is 78.3 cm³/mol. The van der Waals surface area contributed by atoms with Gasteiger partial charge in [0.05, 0.1) is 19.1 Å². The van der Waals surface area contributed by atoms with Crippen molar-refractivity contribution in [2.24, 2.45) is 0 Å². The van der Waals surface area contributed by atoms with E-state index in [9.17, 15) is 8.78 Å². The van der Waals surface area contributed by atoms with Gasteiger partial charge in [-0.05, 0) is 43.6 Å². The van der Waals surface area contributed by atoms with Gasteiger partial charge in [0.25, 0.3) is 5.76 Å². The number of hydrogen-bond donors (Lipinski definition) is 1. The summed E-state index contributed by atoms with van der Waals surface area (Å²) in [6.07, 6.45) is 1.84. The zero-order valence-electron chi connectivity index (χ0n) is 12.0. The van der Waals surface area contributed by atoms with Gasteiger partial charge in [0.2, 0.25) is 0 Å². The highest BCUT2D eigenvalue weighted by atomic mass is 32.2. The Morgan fingerprint density at radius 1 is 1.15 bits per heavy atom. The molecule has 0 spiro atoms. The zero-order chi connectivity index (χ0) is 15.0. The minimum absolute atomic E-state index is 0.393. The Labute approximate surface area is 123 Å². The quantitative estimate of drug-likeness (QED) is 0.558. The highest BCUT2D eigenvalue weighted by molar-refractivity contribution is 7.99. The number of hydrogen-bond acceptors (Lipinski definition) is 4. The second-order valence-corrected chi connectivity index (χ2v) is 5.23. The first kappa shape index (κ1) is 17.0. The molecule has 3 nitrogen and oxygen atoms in total. The fourth-order valence-corrected chi connectivity index (χ4v) is 2.47. The molecule has 0 unspecified atom stereocenters. The van der Waals surface area contributed by atoms with E-state index >= 15 is 0 Å². The number of thioether (sulfide) groups is 1. The normalized spacial score (nSPS) is 10.9. The van der Waals surface area contributed by atoms with E-state index in [1.54, 1.807) is 19.2 Å². The molecule has 20 heavy (non-hydrogen) atoms. The Morgan fingerprint density at radius 3 is 2.40 bits per heavy atom. The molecular formula is C14H21F2NO2S. The van der Waals surface area contributed by atoms with Gasteiger partial charge in [-0.25, -0.2) is 0 Å². The summed E-state index contributed by atoms with van der Waals surface area (Å²) >= 11 is 0.466. The number of alkyl halides is 2. The summed E-state index contributed by atoms with van der Waals surface area (Å²) in [6.45, 7) is 3.88. The molecule has 1 aromatic carbocycles. The van der Waals surface area contributed by atoms with Crippen LogP contribution >= 0.6 is 11.8 Å². The molecule has 0 aromatic heterocycles. The second-order valence-electron chi connectivity index (χ2n) is 4.19. The van der Waals surface area contributed by atoms with Crippen LogP contribution in [-0.2, 0) is 6.42 Å². The topological polar surface area (TPSA) is 30.5 Å². The lowest BCUT2D eigenvalue weighted by molar-refractivity contribution is 0.251. The van der Waals surface area contributed by atoms with Crippen molar-refractivity contribution < 1.29 is 18.3 Å². The van der Waals surface area contributed by atoms with Gasteiger partial charge in [-0.2, -0.15) is 8.78 Å². The smallest absolute Gasteiger partial charge is 0.289 e. The molecule has 0 bridgehead atoms. The van der Waals surface area contributed by atoms with Crippen molar-refractivity contribution in [3.8, 4) is 11.5 Å². The Morgan fingerprint density at radius 2 is 1.85 bits per heavy atom. The molecule has 0 saturated heterocycles. The van der Waals surface area contributed by atoms with E-state index in [0.29, 0.717) is 28.2 Å². The molecule has 6 heteroatoms. The number of nitrogens with one attached hydrogen (secondary N) is 1. The molecule has 0 fully saturated rings. The SMILES string of the molecule is CCCNCCc1cc(OC)c(SC(F)F)cc1OC. The van der Waals surface area contributed by atoms with E-state index in [4.69, 9.17) is 9.47 Å². The Bertz CT molecular complexity index is 416. The van der Waals surface area contributed by atoms with Crippen LogP contribution in [0.3, 0.4) is 0 Å². The Balaban J connectivity index is 2.88. The van der Waals surface area contributed by atoms with Crippen molar-refractivity contribution in [1.82, 2.24) is 5.32 Å². The number of halogens is 2. The molecule has 0 aliphatic rings. The molecule has 1 N–H and O–H groups in total. The van der Waals surface area contributed by atoms with Crippen LogP contribution in [0.25, 0.3) is 0 Å². The van der Waals surface area contributed by atoms with E-state index < -0.39 is 5.76 Å². The van der Waals surface area contributed by atoms with Crippen molar-refractivity contribution in [3.05, 3.63) is 17.7 Å². The van der Waals surface area contributed by atoms with Crippen LogP contribution in [0.2, 0.25) is 0 Å². The standard InChI is InChI=1S/C14H21F2NO2S/c1-4-6-17-7-5-10-8-12(19-3)13(20-14(15)16)9-11(10)18-2/h8-9,14,17H,4-7H2,1-3H3. The maximum absolute atomic E-state index is 12.5. The molecule has 1 rings (SSSR count). The lowest BCUT2D eigenvalue weighted by Crippen LogP contribution is -2.18. The third kappa shape index (κ3) is 5.17. The summed E-state index contributed by atoms with van der Waals surface area (Å²) in [6, 6.07) is 3.39. The fraction of sp³-hybridized carbons (Fsp3) is 0.571. The summed E-state index contributed by atoms with van der Waals surface area (Å²) in [5.41, 5.74) is 0.951.